The predicted octanol–water partition coefficient (Wildman–Crippen LogP) is 5.15. The first-order valence-corrected chi connectivity index (χ1v) is 8.99. The van der Waals surface area contributed by atoms with Crippen molar-refractivity contribution in [1.82, 2.24) is 10.1 Å². The summed E-state index contributed by atoms with van der Waals surface area (Å²) in [5.74, 6) is -0.745. The lowest BCUT2D eigenvalue weighted by molar-refractivity contribution is 0.102. The molecule has 0 aliphatic heterocycles. The quantitative estimate of drug-likeness (QED) is 0.535. The van der Waals surface area contributed by atoms with E-state index >= 15 is 0 Å². The molecular weight excluding hydrogens is 357 g/mol. The molecule has 2 heterocycles. The number of anilines is 1. The van der Waals surface area contributed by atoms with Crippen molar-refractivity contribution in [3.63, 3.8) is 0 Å². The summed E-state index contributed by atoms with van der Waals surface area (Å²) in [7, 11) is 0. The highest BCUT2D eigenvalue weighted by atomic mass is 19.1. The van der Waals surface area contributed by atoms with E-state index in [-0.39, 0.29) is 11.6 Å². The maximum Gasteiger partial charge on any atom is 0.259 e. The van der Waals surface area contributed by atoms with Gasteiger partial charge in [0, 0.05) is 11.3 Å². The monoisotopic (exact) mass is 375 g/mol. The van der Waals surface area contributed by atoms with E-state index < -0.39 is 5.82 Å². The minimum Gasteiger partial charge on any atom is -0.335 e. The molecule has 0 aliphatic rings. The SMILES string of the molecule is CCc1ccccc1NC(=O)c1cc(-c2ccccc2F)nc2onc(C)c12. The number of para-hydroxylation sites is 1. The predicted molar refractivity (Wildman–Crippen MR) is 106 cm³/mol. The molecule has 0 unspecified atom stereocenters. The van der Waals surface area contributed by atoms with E-state index in [9.17, 15) is 9.18 Å². The first-order chi connectivity index (χ1) is 13.6. The third kappa shape index (κ3) is 3.13. The van der Waals surface area contributed by atoms with Crippen molar-refractivity contribution >= 4 is 22.7 Å². The molecule has 2 aromatic heterocycles. The van der Waals surface area contributed by atoms with Crippen LogP contribution in [0.25, 0.3) is 22.4 Å². The van der Waals surface area contributed by atoms with Crippen molar-refractivity contribution in [3.8, 4) is 11.3 Å². The molecule has 4 aromatic rings. The van der Waals surface area contributed by atoms with Crippen molar-refractivity contribution in [3.05, 3.63) is 77.2 Å². The zero-order chi connectivity index (χ0) is 19.7. The molecule has 0 aliphatic carbocycles. The van der Waals surface area contributed by atoms with Crippen molar-refractivity contribution < 1.29 is 13.7 Å². The van der Waals surface area contributed by atoms with Gasteiger partial charge in [-0.15, -0.1) is 0 Å². The summed E-state index contributed by atoms with van der Waals surface area (Å²) in [5, 5.41) is 7.40. The third-order valence-corrected chi connectivity index (χ3v) is 4.66. The number of pyridine rings is 1. The van der Waals surface area contributed by atoms with Crippen LogP contribution >= 0.6 is 0 Å². The van der Waals surface area contributed by atoms with Crippen molar-refractivity contribution in [1.29, 1.82) is 0 Å². The van der Waals surface area contributed by atoms with E-state index in [4.69, 9.17) is 4.52 Å². The van der Waals surface area contributed by atoms with Crippen LogP contribution in [0.5, 0.6) is 0 Å². The van der Waals surface area contributed by atoms with Gasteiger partial charge < -0.3 is 9.84 Å². The van der Waals surface area contributed by atoms with Gasteiger partial charge in [-0.05, 0) is 43.2 Å². The Hall–Kier alpha value is -3.54. The van der Waals surface area contributed by atoms with Crippen LogP contribution in [-0.4, -0.2) is 16.0 Å². The van der Waals surface area contributed by atoms with Crippen LogP contribution < -0.4 is 5.32 Å². The number of aryl methyl sites for hydroxylation is 2. The van der Waals surface area contributed by atoms with Crippen LogP contribution in [0.3, 0.4) is 0 Å². The molecule has 0 saturated carbocycles. The molecule has 1 amide bonds. The fourth-order valence-corrected chi connectivity index (χ4v) is 3.22. The number of hydrogen-bond acceptors (Lipinski definition) is 4. The summed E-state index contributed by atoms with van der Waals surface area (Å²) in [4.78, 5) is 17.5. The lowest BCUT2D eigenvalue weighted by Crippen LogP contribution is -2.14. The Kier molecular flexibility index (Phi) is 4.61. The lowest BCUT2D eigenvalue weighted by Gasteiger charge is -2.11. The molecule has 0 fully saturated rings. The first kappa shape index (κ1) is 17.9. The lowest BCUT2D eigenvalue weighted by atomic mass is 10.0. The number of hydrogen-bond donors (Lipinski definition) is 1. The van der Waals surface area contributed by atoms with Crippen molar-refractivity contribution in [2.75, 3.05) is 5.32 Å². The Bertz CT molecular complexity index is 1180. The molecule has 2 aromatic carbocycles. The number of fused-ring (bicyclic) bond motifs is 1. The largest absolute Gasteiger partial charge is 0.335 e. The van der Waals surface area contributed by atoms with Gasteiger partial charge in [-0.25, -0.2) is 9.37 Å². The van der Waals surface area contributed by atoms with Crippen LogP contribution in [0.4, 0.5) is 10.1 Å². The van der Waals surface area contributed by atoms with Crippen molar-refractivity contribution in [2.45, 2.75) is 20.3 Å². The number of benzene rings is 2. The zero-order valence-electron chi connectivity index (χ0n) is 15.5. The van der Waals surface area contributed by atoms with E-state index in [0.29, 0.717) is 27.9 Å². The molecule has 0 spiro atoms. The number of amides is 1. The minimum absolute atomic E-state index is 0.201. The van der Waals surface area contributed by atoms with Gasteiger partial charge in [-0.1, -0.05) is 42.4 Å². The van der Waals surface area contributed by atoms with Crippen LogP contribution in [0.1, 0.15) is 28.5 Å². The first-order valence-electron chi connectivity index (χ1n) is 8.99. The smallest absolute Gasteiger partial charge is 0.259 e. The fraction of sp³-hybridized carbons (Fsp3) is 0.136. The second-order valence-corrected chi connectivity index (χ2v) is 6.45. The molecular formula is C22H18FN3O2. The van der Waals surface area contributed by atoms with Gasteiger partial charge in [0.15, 0.2) is 0 Å². The topological polar surface area (TPSA) is 68.0 Å². The Morgan fingerprint density at radius 2 is 1.89 bits per heavy atom. The highest BCUT2D eigenvalue weighted by molar-refractivity contribution is 6.13. The summed E-state index contributed by atoms with van der Waals surface area (Å²) >= 11 is 0. The second kappa shape index (κ2) is 7.23. The van der Waals surface area contributed by atoms with E-state index in [0.717, 1.165) is 17.7 Å². The fourth-order valence-electron chi connectivity index (χ4n) is 3.22. The van der Waals surface area contributed by atoms with Crippen LogP contribution in [0.2, 0.25) is 0 Å². The van der Waals surface area contributed by atoms with E-state index in [1.54, 1.807) is 31.2 Å². The van der Waals surface area contributed by atoms with Gasteiger partial charge in [-0.2, -0.15) is 0 Å². The van der Waals surface area contributed by atoms with E-state index in [2.05, 4.69) is 15.5 Å². The summed E-state index contributed by atoms with van der Waals surface area (Å²) < 4.78 is 19.5. The molecule has 28 heavy (non-hydrogen) atoms. The minimum atomic E-state index is -0.423. The number of carbonyl (C=O) groups excluding carboxylic acids is 1. The van der Waals surface area contributed by atoms with Gasteiger partial charge in [0.2, 0.25) is 0 Å². The Balaban J connectivity index is 1.84. The molecule has 0 radical (unpaired) electrons. The number of halogens is 1. The van der Waals surface area contributed by atoms with Gasteiger partial charge in [0.05, 0.1) is 22.3 Å². The number of aromatic nitrogens is 2. The molecule has 6 heteroatoms. The highest BCUT2D eigenvalue weighted by Crippen LogP contribution is 2.29. The molecule has 4 rings (SSSR count). The summed E-state index contributed by atoms with van der Waals surface area (Å²) in [6.07, 6.45) is 0.787. The summed E-state index contributed by atoms with van der Waals surface area (Å²) in [6, 6.07) is 15.5. The maximum atomic E-state index is 14.3. The van der Waals surface area contributed by atoms with Gasteiger partial charge in [-0.3, -0.25) is 4.79 Å². The molecule has 140 valence electrons. The van der Waals surface area contributed by atoms with Gasteiger partial charge >= 0.3 is 0 Å². The third-order valence-electron chi connectivity index (χ3n) is 4.66. The normalized spacial score (nSPS) is 11.0. The maximum absolute atomic E-state index is 14.3. The number of carbonyl (C=O) groups is 1. The summed E-state index contributed by atoms with van der Waals surface area (Å²) in [6.45, 7) is 3.77. The Morgan fingerprint density at radius 1 is 1.14 bits per heavy atom. The Morgan fingerprint density at radius 3 is 2.68 bits per heavy atom. The van der Waals surface area contributed by atoms with E-state index in [1.807, 2.05) is 31.2 Å². The van der Waals surface area contributed by atoms with E-state index in [1.165, 1.54) is 6.07 Å². The Labute approximate surface area is 161 Å². The molecule has 5 nitrogen and oxygen atoms in total. The van der Waals surface area contributed by atoms with Gasteiger partial charge in [0.1, 0.15) is 5.82 Å². The van der Waals surface area contributed by atoms with Crippen LogP contribution in [0.15, 0.2) is 59.1 Å². The number of nitrogens with zero attached hydrogens (tertiary/aromatic N) is 2. The average Bonchev–Trinajstić information content (AvgIpc) is 3.09. The molecule has 0 bridgehead atoms. The average molecular weight is 375 g/mol. The summed E-state index contributed by atoms with van der Waals surface area (Å²) in [5.41, 5.74) is 3.47. The zero-order valence-corrected chi connectivity index (χ0v) is 15.5. The standard InChI is InChI=1S/C22H18FN3O2/c1-3-14-8-4-7-11-18(14)24-21(27)16-12-19(15-9-5-6-10-17(15)23)25-22-20(16)13(2)26-28-22/h4-12H,3H2,1-2H3,(H,24,27). The highest BCUT2D eigenvalue weighted by Gasteiger charge is 2.21. The van der Waals surface area contributed by atoms with Crippen LogP contribution in [0, 0.1) is 12.7 Å². The number of rotatable bonds is 4. The number of nitrogens with one attached hydrogen (secondary N) is 1. The van der Waals surface area contributed by atoms with Crippen molar-refractivity contribution in [2.24, 2.45) is 0 Å². The molecule has 1 N–H and O–H groups in total. The van der Waals surface area contributed by atoms with Gasteiger partial charge in [0.25, 0.3) is 11.6 Å². The second-order valence-electron chi connectivity index (χ2n) is 6.45. The molecule has 0 atom stereocenters. The molecule has 0 saturated heterocycles. The van der Waals surface area contributed by atoms with Crippen LogP contribution in [-0.2, 0) is 6.42 Å².